The van der Waals surface area contributed by atoms with Gasteiger partial charge in [-0.05, 0) is 31.0 Å². The van der Waals surface area contributed by atoms with Crippen LogP contribution in [0.15, 0.2) is 27.4 Å². The smallest absolute Gasteiger partial charge is 0.339 e. The summed E-state index contributed by atoms with van der Waals surface area (Å²) in [6.45, 7) is 5.28. The van der Waals surface area contributed by atoms with E-state index < -0.39 is 0 Å². The molecule has 0 spiro atoms. The standard InChI is InChI=1S/C14H15NO3/c1-4-11-8(2)12-6-5-10(15-9(3)16)7-13(12)18-14(11)17/h5-7H,4H2,1-3H3,(H,15,16). The molecule has 0 aliphatic heterocycles. The second-order valence-electron chi connectivity index (χ2n) is 4.24. The van der Waals surface area contributed by atoms with E-state index in [4.69, 9.17) is 4.42 Å². The first-order valence-electron chi connectivity index (χ1n) is 5.87. The maximum Gasteiger partial charge on any atom is 0.339 e. The molecule has 0 radical (unpaired) electrons. The summed E-state index contributed by atoms with van der Waals surface area (Å²) in [4.78, 5) is 22.7. The minimum absolute atomic E-state index is 0.154. The number of carbonyl (C=O) groups is 1. The molecule has 18 heavy (non-hydrogen) atoms. The van der Waals surface area contributed by atoms with Gasteiger partial charge in [-0.1, -0.05) is 6.92 Å². The van der Waals surface area contributed by atoms with Crippen LogP contribution in [0.1, 0.15) is 25.0 Å². The SMILES string of the molecule is CCc1c(C)c2ccc(NC(C)=O)cc2oc1=O. The van der Waals surface area contributed by atoms with Crippen LogP contribution in [-0.2, 0) is 11.2 Å². The number of fused-ring (bicyclic) bond motifs is 1. The fraction of sp³-hybridized carbons (Fsp3) is 0.286. The highest BCUT2D eigenvalue weighted by Crippen LogP contribution is 2.23. The maximum absolute atomic E-state index is 11.8. The zero-order valence-electron chi connectivity index (χ0n) is 10.7. The Bertz CT molecular complexity index is 671. The van der Waals surface area contributed by atoms with Gasteiger partial charge in [0, 0.05) is 29.6 Å². The lowest BCUT2D eigenvalue weighted by atomic mass is 10.0. The molecule has 1 aromatic carbocycles. The van der Waals surface area contributed by atoms with Crippen LogP contribution in [0.25, 0.3) is 11.0 Å². The third-order valence-corrected chi connectivity index (χ3v) is 2.96. The van der Waals surface area contributed by atoms with Gasteiger partial charge in [0.25, 0.3) is 0 Å². The maximum atomic E-state index is 11.8. The van der Waals surface area contributed by atoms with Gasteiger partial charge >= 0.3 is 5.63 Å². The molecule has 0 atom stereocenters. The molecule has 0 bridgehead atoms. The second kappa shape index (κ2) is 4.64. The Morgan fingerprint density at radius 3 is 2.72 bits per heavy atom. The van der Waals surface area contributed by atoms with Crippen LogP contribution in [0.3, 0.4) is 0 Å². The zero-order chi connectivity index (χ0) is 13.3. The van der Waals surface area contributed by atoms with Crippen LogP contribution in [0, 0.1) is 6.92 Å². The number of nitrogens with one attached hydrogen (secondary N) is 1. The van der Waals surface area contributed by atoms with Crippen molar-refractivity contribution < 1.29 is 9.21 Å². The monoisotopic (exact) mass is 245 g/mol. The predicted molar refractivity (Wildman–Crippen MR) is 70.9 cm³/mol. The van der Waals surface area contributed by atoms with E-state index in [1.807, 2.05) is 19.9 Å². The number of amides is 1. The van der Waals surface area contributed by atoms with Crippen LogP contribution < -0.4 is 10.9 Å². The Morgan fingerprint density at radius 1 is 1.39 bits per heavy atom. The Hall–Kier alpha value is -2.10. The summed E-state index contributed by atoms with van der Waals surface area (Å²) in [5, 5.41) is 3.57. The molecule has 2 rings (SSSR count). The van der Waals surface area contributed by atoms with Crippen molar-refractivity contribution in [2.45, 2.75) is 27.2 Å². The van der Waals surface area contributed by atoms with Crippen molar-refractivity contribution in [3.05, 3.63) is 39.7 Å². The first kappa shape index (κ1) is 12.4. The van der Waals surface area contributed by atoms with Gasteiger partial charge in [0.05, 0.1) is 0 Å². The molecule has 0 saturated carbocycles. The van der Waals surface area contributed by atoms with Crippen LogP contribution in [0.2, 0.25) is 0 Å². The number of rotatable bonds is 2. The molecule has 1 amide bonds. The van der Waals surface area contributed by atoms with Crippen molar-refractivity contribution in [1.29, 1.82) is 0 Å². The molecule has 1 heterocycles. The molecule has 0 aliphatic rings. The zero-order valence-corrected chi connectivity index (χ0v) is 10.7. The molecule has 1 aromatic heterocycles. The highest BCUT2D eigenvalue weighted by atomic mass is 16.4. The summed E-state index contributed by atoms with van der Waals surface area (Å²) < 4.78 is 5.28. The van der Waals surface area contributed by atoms with E-state index in [-0.39, 0.29) is 11.5 Å². The van der Waals surface area contributed by atoms with Crippen molar-refractivity contribution in [2.24, 2.45) is 0 Å². The predicted octanol–water partition coefficient (Wildman–Crippen LogP) is 2.62. The molecule has 2 aromatic rings. The molecule has 4 nitrogen and oxygen atoms in total. The minimum atomic E-state index is -0.303. The van der Waals surface area contributed by atoms with Gasteiger partial charge < -0.3 is 9.73 Å². The van der Waals surface area contributed by atoms with Crippen molar-refractivity contribution >= 4 is 22.6 Å². The van der Waals surface area contributed by atoms with Gasteiger partial charge in [-0.3, -0.25) is 4.79 Å². The number of hydrogen-bond donors (Lipinski definition) is 1. The van der Waals surface area contributed by atoms with Crippen molar-refractivity contribution in [3.63, 3.8) is 0 Å². The quantitative estimate of drug-likeness (QED) is 0.827. The number of benzene rings is 1. The first-order valence-corrected chi connectivity index (χ1v) is 5.87. The molecule has 0 saturated heterocycles. The van der Waals surface area contributed by atoms with Gasteiger partial charge in [0.15, 0.2) is 0 Å². The Balaban J connectivity index is 2.65. The number of hydrogen-bond acceptors (Lipinski definition) is 3. The van der Waals surface area contributed by atoms with E-state index in [0.717, 1.165) is 10.9 Å². The summed E-state index contributed by atoms with van der Waals surface area (Å²) in [7, 11) is 0. The summed E-state index contributed by atoms with van der Waals surface area (Å²) in [5.41, 5.74) is 2.47. The largest absolute Gasteiger partial charge is 0.422 e. The number of anilines is 1. The summed E-state index contributed by atoms with van der Waals surface area (Å²) in [6, 6.07) is 5.33. The molecule has 0 fully saturated rings. The molecular formula is C14H15NO3. The van der Waals surface area contributed by atoms with E-state index in [1.54, 1.807) is 12.1 Å². The van der Waals surface area contributed by atoms with Crippen LogP contribution >= 0.6 is 0 Å². The fourth-order valence-corrected chi connectivity index (χ4v) is 2.08. The molecule has 1 N–H and O–H groups in total. The highest BCUT2D eigenvalue weighted by Gasteiger charge is 2.10. The van der Waals surface area contributed by atoms with Gasteiger partial charge in [-0.15, -0.1) is 0 Å². The Kier molecular flexibility index (Phi) is 3.19. The van der Waals surface area contributed by atoms with Gasteiger partial charge in [0.1, 0.15) is 5.58 Å². The normalized spacial score (nSPS) is 10.6. The average molecular weight is 245 g/mol. The average Bonchev–Trinajstić information content (AvgIpc) is 2.28. The summed E-state index contributed by atoms with van der Waals surface area (Å²) in [5.74, 6) is -0.154. The van der Waals surface area contributed by atoms with Crippen LogP contribution in [0.4, 0.5) is 5.69 Å². The first-order chi connectivity index (χ1) is 8.52. The molecule has 94 valence electrons. The molecule has 4 heteroatoms. The van der Waals surface area contributed by atoms with Crippen molar-refractivity contribution in [3.8, 4) is 0 Å². The summed E-state index contributed by atoms with van der Waals surface area (Å²) in [6.07, 6.45) is 0.650. The lowest BCUT2D eigenvalue weighted by molar-refractivity contribution is -0.114. The van der Waals surface area contributed by atoms with Gasteiger partial charge in [0.2, 0.25) is 5.91 Å². The van der Waals surface area contributed by atoms with E-state index in [0.29, 0.717) is 23.3 Å². The van der Waals surface area contributed by atoms with E-state index >= 15 is 0 Å². The lowest BCUT2D eigenvalue weighted by Gasteiger charge is -2.07. The third-order valence-electron chi connectivity index (χ3n) is 2.96. The highest BCUT2D eigenvalue weighted by molar-refractivity contribution is 5.92. The Labute approximate surface area is 105 Å². The summed E-state index contributed by atoms with van der Waals surface area (Å²) >= 11 is 0. The topological polar surface area (TPSA) is 59.3 Å². The second-order valence-corrected chi connectivity index (χ2v) is 4.24. The fourth-order valence-electron chi connectivity index (χ4n) is 2.08. The van der Waals surface area contributed by atoms with Gasteiger partial charge in [-0.2, -0.15) is 0 Å². The van der Waals surface area contributed by atoms with Crippen LogP contribution in [-0.4, -0.2) is 5.91 Å². The van der Waals surface area contributed by atoms with Crippen molar-refractivity contribution in [1.82, 2.24) is 0 Å². The molecule has 0 unspecified atom stereocenters. The minimum Gasteiger partial charge on any atom is -0.422 e. The molecule has 0 aliphatic carbocycles. The third kappa shape index (κ3) is 2.14. The number of aryl methyl sites for hydroxylation is 1. The van der Waals surface area contributed by atoms with E-state index in [9.17, 15) is 9.59 Å². The Morgan fingerprint density at radius 2 is 2.11 bits per heavy atom. The number of carbonyl (C=O) groups excluding carboxylic acids is 1. The van der Waals surface area contributed by atoms with Crippen molar-refractivity contribution in [2.75, 3.05) is 5.32 Å². The van der Waals surface area contributed by atoms with Gasteiger partial charge in [-0.25, -0.2) is 4.79 Å². The van der Waals surface area contributed by atoms with E-state index in [1.165, 1.54) is 6.92 Å². The van der Waals surface area contributed by atoms with Crippen LogP contribution in [0.5, 0.6) is 0 Å². The van der Waals surface area contributed by atoms with E-state index in [2.05, 4.69) is 5.32 Å². The molecular weight excluding hydrogens is 230 g/mol. The lowest BCUT2D eigenvalue weighted by Crippen LogP contribution is -2.10.